The fraction of sp³-hybridized carbons (Fsp3) is 0.350. The Morgan fingerprint density at radius 3 is 2.56 bits per heavy atom. The first-order valence-corrected chi connectivity index (χ1v) is 9.66. The van der Waals surface area contributed by atoms with Crippen LogP contribution in [0.15, 0.2) is 46.9 Å². The zero-order chi connectivity index (χ0) is 19.2. The Kier molecular flexibility index (Phi) is 6.82. The van der Waals surface area contributed by atoms with Crippen LogP contribution in [0.1, 0.15) is 5.56 Å². The van der Waals surface area contributed by atoms with Gasteiger partial charge in [-0.2, -0.15) is 0 Å². The van der Waals surface area contributed by atoms with Gasteiger partial charge in [0.25, 0.3) is 0 Å². The fourth-order valence-corrected chi connectivity index (χ4v) is 3.56. The van der Waals surface area contributed by atoms with Crippen LogP contribution in [0.2, 0.25) is 0 Å². The summed E-state index contributed by atoms with van der Waals surface area (Å²) in [6.45, 7) is 4.05. The molecule has 1 fully saturated rings. The molecule has 1 saturated heterocycles. The SMILES string of the molecule is COc1ccccc1NC(=O)CN1CCN(Cc2cccc(Br)c2F)CC1. The van der Waals surface area contributed by atoms with Gasteiger partial charge in [0, 0.05) is 38.3 Å². The maximum Gasteiger partial charge on any atom is 0.238 e. The minimum atomic E-state index is -0.198. The number of hydrogen-bond acceptors (Lipinski definition) is 4. The molecular weight excluding hydrogens is 413 g/mol. The second-order valence-electron chi connectivity index (χ2n) is 6.51. The van der Waals surface area contributed by atoms with E-state index in [1.807, 2.05) is 36.4 Å². The summed E-state index contributed by atoms with van der Waals surface area (Å²) in [6.07, 6.45) is 0. The van der Waals surface area contributed by atoms with Crippen LogP contribution in [0.3, 0.4) is 0 Å². The van der Waals surface area contributed by atoms with Crippen molar-refractivity contribution < 1.29 is 13.9 Å². The lowest BCUT2D eigenvalue weighted by Gasteiger charge is -2.34. The monoisotopic (exact) mass is 435 g/mol. The fourth-order valence-electron chi connectivity index (χ4n) is 3.16. The molecule has 2 aromatic carbocycles. The average Bonchev–Trinajstić information content (AvgIpc) is 2.67. The molecule has 1 heterocycles. The van der Waals surface area contributed by atoms with Gasteiger partial charge < -0.3 is 10.1 Å². The molecular formula is C20H23BrFN3O2. The predicted molar refractivity (Wildman–Crippen MR) is 107 cm³/mol. The standard InChI is InChI=1S/C20H23BrFN3O2/c1-27-18-8-3-2-7-17(18)23-19(26)14-25-11-9-24(10-12-25)13-15-5-4-6-16(21)20(15)22/h2-8H,9-14H2,1H3,(H,23,26). The summed E-state index contributed by atoms with van der Waals surface area (Å²) in [6, 6.07) is 12.7. The molecule has 0 aromatic heterocycles. The van der Waals surface area contributed by atoms with Crippen LogP contribution in [0.4, 0.5) is 10.1 Å². The molecule has 1 aliphatic rings. The van der Waals surface area contributed by atoms with Crippen molar-refractivity contribution in [2.75, 3.05) is 45.2 Å². The molecule has 0 saturated carbocycles. The Morgan fingerprint density at radius 2 is 1.81 bits per heavy atom. The predicted octanol–water partition coefficient (Wildman–Crippen LogP) is 3.35. The Morgan fingerprint density at radius 1 is 1.11 bits per heavy atom. The number of halogens is 2. The Balaban J connectivity index is 1.48. The van der Waals surface area contributed by atoms with E-state index in [1.54, 1.807) is 13.2 Å². The normalized spacial score (nSPS) is 15.5. The molecule has 144 valence electrons. The molecule has 27 heavy (non-hydrogen) atoms. The van der Waals surface area contributed by atoms with Crippen LogP contribution in [0.25, 0.3) is 0 Å². The molecule has 1 amide bonds. The van der Waals surface area contributed by atoms with E-state index in [-0.39, 0.29) is 11.7 Å². The molecule has 1 aliphatic heterocycles. The van der Waals surface area contributed by atoms with Gasteiger partial charge in [-0.15, -0.1) is 0 Å². The molecule has 0 unspecified atom stereocenters. The number of carbonyl (C=O) groups is 1. The summed E-state index contributed by atoms with van der Waals surface area (Å²) in [5.74, 6) is 0.383. The van der Waals surface area contributed by atoms with E-state index in [1.165, 1.54) is 0 Å². The summed E-state index contributed by atoms with van der Waals surface area (Å²) in [5, 5.41) is 2.90. The van der Waals surface area contributed by atoms with Crippen molar-refractivity contribution in [1.29, 1.82) is 0 Å². The van der Waals surface area contributed by atoms with Gasteiger partial charge in [0.2, 0.25) is 5.91 Å². The Hall–Kier alpha value is -1.96. The molecule has 5 nitrogen and oxygen atoms in total. The molecule has 2 aromatic rings. The molecule has 0 aliphatic carbocycles. The number of para-hydroxylation sites is 2. The maximum absolute atomic E-state index is 14.1. The first-order valence-electron chi connectivity index (χ1n) is 8.87. The van der Waals surface area contributed by atoms with E-state index in [0.717, 1.165) is 26.2 Å². The number of nitrogens with one attached hydrogen (secondary N) is 1. The largest absolute Gasteiger partial charge is 0.495 e. The van der Waals surface area contributed by atoms with Crippen molar-refractivity contribution >= 4 is 27.5 Å². The zero-order valence-electron chi connectivity index (χ0n) is 15.3. The van der Waals surface area contributed by atoms with E-state index in [0.29, 0.717) is 34.6 Å². The summed E-state index contributed by atoms with van der Waals surface area (Å²) in [5.41, 5.74) is 1.36. The van der Waals surface area contributed by atoms with Gasteiger partial charge in [-0.3, -0.25) is 14.6 Å². The summed E-state index contributed by atoms with van der Waals surface area (Å²) < 4.78 is 19.9. The van der Waals surface area contributed by atoms with Crippen LogP contribution in [-0.4, -0.2) is 55.5 Å². The summed E-state index contributed by atoms with van der Waals surface area (Å²) in [4.78, 5) is 16.6. The number of methoxy groups -OCH3 is 1. The first kappa shape index (κ1) is 19.8. The first-order chi connectivity index (χ1) is 13.1. The number of nitrogens with zero attached hydrogens (tertiary/aromatic N) is 2. The topological polar surface area (TPSA) is 44.8 Å². The van der Waals surface area contributed by atoms with E-state index in [2.05, 4.69) is 31.0 Å². The van der Waals surface area contributed by atoms with Gasteiger partial charge in [-0.1, -0.05) is 24.3 Å². The molecule has 0 spiro atoms. The minimum Gasteiger partial charge on any atom is -0.495 e. The number of carbonyl (C=O) groups excluding carboxylic acids is 1. The lowest BCUT2D eigenvalue weighted by atomic mass is 10.2. The molecule has 3 rings (SSSR count). The van der Waals surface area contributed by atoms with Gasteiger partial charge in [0.1, 0.15) is 11.6 Å². The highest BCUT2D eigenvalue weighted by Gasteiger charge is 2.20. The highest BCUT2D eigenvalue weighted by atomic mass is 79.9. The number of rotatable bonds is 6. The number of piperazine rings is 1. The second kappa shape index (κ2) is 9.30. The number of benzene rings is 2. The van der Waals surface area contributed by atoms with Crippen LogP contribution in [0, 0.1) is 5.82 Å². The third-order valence-corrected chi connectivity index (χ3v) is 5.25. The highest BCUT2D eigenvalue weighted by Crippen LogP contribution is 2.23. The van der Waals surface area contributed by atoms with Gasteiger partial charge in [-0.25, -0.2) is 4.39 Å². The van der Waals surface area contributed by atoms with Crippen LogP contribution >= 0.6 is 15.9 Å². The molecule has 0 radical (unpaired) electrons. The highest BCUT2D eigenvalue weighted by molar-refractivity contribution is 9.10. The second-order valence-corrected chi connectivity index (χ2v) is 7.37. The van der Waals surface area contributed by atoms with Crippen LogP contribution in [0.5, 0.6) is 5.75 Å². The van der Waals surface area contributed by atoms with Gasteiger partial charge in [0.15, 0.2) is 0 Å². The number of anilines is 1. The number of amides is 1. The lowest BCUT2D eigenvalue weighted by Crippen LogP contribution is -2.48. The zero-order valence-corrected chi connectivity index (χ0v) is 16.8. The van der Waals surface area contributed by atoms with E-state index < -0.39 is 0 Å². The third kappa shape index (κ3) is 5.28. The number of hydrogen-bond donors (Lipinski definition) is 1. The van der Waals surface area contributed by atoms with Crippen molar-refractivity contribution in [3.63, 3.8) is 0 Å². The molecule has 7 heteroatoms. The van der Waals surface area contributed by atoms with Crippen molar-refractivity contribution in [3.05, 3.63) is 58.3 Å². The van der Waals surface area contributed by atoms with Crippen molar-refractivity contribution in [1.82, 2.24) is 9.80 Å². The average molecular weight is 436 g/mol. The smallest absolute Gasteiger partial charge is 0.238 e. The van der Waals surface area contributed by atoms with Gasteiger partial charge >= 0.3 is 0 Å². The number of ether oxygens (including phenoxy) is 1. The minimum absolute atomic E-state index is 0.0639. The van der Waals surface area contributed by atoms with E-state index in [9.17, 15) is 9.18 Å². The Bertz CT molecular complexity index is 795. The molecule has 0 bridgehead atoms. The van der Waals surface area contributed by atoms with E-state index >= 15 is 0 Å². The van der Waals surface area contributed by atoms with Crippen molar-refractivity contribution in [2.45, 2.75) is 6.54 Å². The summed E-state index contributed by atoms with van der Waals surface area (Å²) >= 11 is 3.23. The lowest BCUT2D eigenvalue weighted by molar-refractivity contribution is -0.117. The maximum atomic E-state index is 14.1. The van der Waals surface area contributed by atoms with Crippen LogP contribution in [-0.2, 0) is 11.3 Å². The van der Waals surface area contributed by atoms with Crippen molar-refractivity contribution in [3.8, 4) is 5.75 Å². The summed E-state index contributed by atoms with van der Waals surface area (Å²) in [7, 11) is 1.58. The van der Waals surface area contributed by atoms with Gasteiger partial charge in [0.05, 0.1) is 23.8 Å². The van der Waals surface area contributed by atoms with E-state index in [4.69, 9.17) is 4.74 Å². The Labute approximate surface area is 167 Å². The van der Waals surface area contributed by atoms with Crippen LogP contribution < -0.4 is 10.1 Å². The molecule has 0 atom stereocenters. The molecule has 1 N–H and O–H groups in total. The quantitative estimate of drug-likeness (QED) is 0.755. The van der Waals surface area contributed by atoms with Crippen molar-refractivity contribution in [2.24, 2.45) is 0 Å². The van der Waals surface area contributed by atoms with Gasteiger partial charge in [-0.05, 0) is 34.1 Å². The third-order valence-electron chi connectivity index (χ3n) is 4.64.